The summed E-state index contributed by atoms with van der Waals surface area (Å²) in [4.78, 5) is 30.8. The van der Waals surface area contributed by atoms with Gasteiger partial charge in [-0.25, -0.2) is 9.18 Å². The first-order valence-electron chi connectivity index (χ1n) is 11.0. The van der Waals surface area contributed by atoms with Crippen molar-refractivity contribution in [3.8, 4) is 10.4 Å². The molecule has 0 atom stereocenters. The van der Waals surface area contributed by atoms with Crippen molar-refractivity contribution in [1.82, 2.24) is 4.90 Å². The van der Waals surface area contributed by atoms with Gasteiger partial charge in [-0.2, -0.15) is 0 Å². The van der Waals surface area contributed by atoms with E-state index in [1.807, 2.05) is 12.1 Å². The molecule has 34 heavy (non-hydrogen) atoms. The lowest BCUT2D eigenvalue weighted by atomic mass is 10.2. The summed E-state index contributed by atoms with van der Waals surface area (Å²) >= 11 is 7.26. The fourth-order valence-electron chi connectivity index (χ4n) is 3.80. The van der Waals surface area contributed by atoms with E-state index in [1.165, 1.54) is 23.5 Å². The van der Waals surface area contributed by atoms with Crippen LogP contribution in [0.4, 0.5) is 15.8 Å². The lowest BCUT2D eigenvalue weighted by Gasteiger charge is -2.35. The Hall–Kier alpha value is -2.94. The Morgan fingerprint density at radius 3 is 2.38 bits per heavy atom. The number of carbonyl (C=O) groups is 2. The molecule has 1 N–H and O–H groups in total. The van der Waals surface area contributed by atoms with Gasteiger partial charge in [-0.05, 0) is 55.0 Å². The molecule has 178 valence electrons. The van der Waals surface area contributed by atoms with Crippen LogP contribution in [0.15, 0.2) is 54.6 Å². The largest absolute Gasteiger partial charge is 0.462 e. The topological polar surface area (TPSA) is 61.9 Å². The van der Waals surface area contributed by atoms with E-state index >= 15 is 0 Å². The number of nitrogens with one attached hydrogen (secondary N) is 1. The molecule has 1 aliphatic rings. The Balaban J connectivity index is 1.40. The number of ether oxygens (including phenoxy) is 1. The second-order valence-electron chi connectivity index (χ2n) is 7.87. The van der Waals surface area contributed by atoms with Gasteiger partial charge in [-0.3, -0.25) is 9.69 Å². The summed E-state index contributed by atoms with van der Waals surface area (Å²) in [5.74, 6) is -0.911. The standard InChI is InChI=1S/C25H25ClFN3O3S/c1-2-33-25(32)24-21(15-22(34-24)17-3-5-18(26)6-4-17)28-23(31)16-29-11-13-30(14-12-29)20-9-7-19(27)8-10-20/h3-10,15H,2,11-14,16H2,1H3,(H,28,31). The van der Waals surface area contributed by atoms with Gasteiger partial charge in [0.1, 0.15) is 10.7 Å². The lowest BCUT2D eigenvalue weighted by molar-refractivity contribution is -0.117. The second kappa shape index (κ2) is 11.0. The first-order valence-corrected chi connectivity index (χ1v) is 12.2. The van der Waals surface area contributed by atoms with E-state index in [0.29, 0.717) is 28.7 Å². The van der Waals surface area contributed by atoms with Crippen LogP contribution >= 0.6 is 22.9 Å². The third-order valence-electron chi connectivity index (χ3n) is 5.53. The number of nitrogens with zero attached hydrogens (tertiary/aromatic N) is 2. The van der Waals surface area contributed by atoms with Gasteiger partial charge < -0.3 is 15.0 Å². The van der Waals surface area contributed by atoms with E-state index in [1.54, 1.807) is 37.3 Å². The Morgan fingerprint density at radius 2 is 1.74 bits per heavy atom. The van der Waals surface area contributed by atoms with Crippen LogP contribution in [0.25, 0.3) is 10.4 Å². The van der Waals surface area contributed by atoms with Crippen LogP contribution in [0.1, 0.15) is 16.6 Å². The predicted molar refractivity (Wildman–Crippen MR) is 134 cm³/mol. The van der Waals surface area contributed by atoms with Crippen LogP contribution in [-0.2, 0) is 9.53 Å². The maximum Gasteiger partial charge on any atom is 0.350 e. The van der Waals surface area contributed by atoms with Gasteiger partial charge >= 0.3 is 5.97 Å². The maximum absolute atomic E-state index is 13.2. The minimum atomic E-state index is -0.462. The zero-order valence-corrected chi connectivity index (χ0v) is 20.3. The van der Waals surface area contributed by atoms with Crippen LogP contribution < -0.4 is 10.2 Å². The van der Waals surface area contributed by atoms with Crippen molar-refractivity contribution in [1.29, 1.82) is 0 Å². The smallest absolute Gasteiger partial charge is 0.350 e. The summed E-state index contributed by atoms with van der Waals surface area (Å²) < 4.78 is 18.4. The molecule has 9 heteroatoms. The molecule has 0 radical (unpaired) electrons. The van der Waals surface area contributed by atoms with Crippen molar-refractivity contribution < 1.29 is 18.7 Å². The normalized spacial score (nSPS) is 14.1. The second-order valence-corrected chi connectivity index (χ2v) is 9.36. The van der Waals surface area contributed by atoms with Crippen molar-refractivity contribution in [3.63, 3.8) is 0 Å². The Morgan fingerprint density at radius 1 is 1.06 bits per heavy atom. The summed E-state index contributed by atoms with van der Waals surface area (Å²) in [7, 11) is 0. The van der Waals surface area contributed by atoms with Crippen molar-refractivity contribution in [3.05, 3.63) is 70.3 Å². The lowest BCUT2D eigenvalue weighted by Crippen LogP contribution is -2.48. The number of hydrogen-bond donors (Lipinski definition) is 1. The predicted octanol–water partition coefficient (Wildman–Crippen LogP) is 5.15. The highest BCUT2D eigenvalue weighted by molar-refractivity contribution is 7.18. The SMILES string of the molecule is CCOC(=O)c1sc(-c2ccc(Cl)cc2)cc1NC(=O)CN1CCN(c2ccc(F)cc2)CC1. The van der Waals surface area contributed by atoms with Crippen LogP contribution in [0.3, 0.4) is 0 Å². The van der Waals surface area contributed by atoms with Gasteiger partial charge in [-0.15, -0.1) is 11.3 Å². The molecule has 3 aromatic rings. The van der Waals surface area contributed by atoms with E-state index < -0.39 is 5.97 Å². The third kappa shape index (κ3) is 5.94. The van der Waals surface area contributed by atoms with Crippen molar-refractivity contribution in [2.24, 2.45) is 0 Å². The number of amides is 1. The number of piperazine rings is 1. The van der Waals surface area contributed by atoms with E-state index in [0.717, 1.165) is 29.2 Å². The molecule has 1 aliphatic heterocycles. The Bertz CT molecular complexity index is 1140. The van der Waals surface area contributed by atoms with Gasteiger partial charge in [0.2, 0.25) is 5.91 Å². The van der Waals surface area contributed by atoms with Gasteiger partial charge in [0.15, 0.2) is 0 Å². The van der Waals surface area contributed by atoms with Gasteiger partial charge in [-0.1, -0.05) is 23.7 Å². The van der Waals surface area contributed by atoms with E-state index in [2.05, 4.69) is 15.1 Å². The molecule has 0 spiro atoms. The zero-order valence-electron chi connectivity index (χ0n) is 18.7. The van der Waals surface area contributed by atoms with Crippen LogP contribution in [0.2, 0.25) is 5.02 Å². The van der Waals surface area contributed by atoms with Gasteiger partial charge in [0, 0.05) is 41.8 Å². The summed E-state index contributed by atoms with van der Waals surface area (Å²) in [5.41, 5.74) is 2.32. The molecule has 1 amide bonds. The molecule has 4 rings (SSSR count). The zero-order chi connectivity index (χ0) is 24.1. The first kappa shape index (κ1) is 24.2. The summed E-state index contributed by atoms with van der Waals surface area (Å²) in [6.45, 7) is 5.10. The van der Waals surface area contributed by atoms with Crippen LogP contribution in [0.5, 0.6) is 0 Å². The van der Waals surface area contributed by atoms with Gasteiger partial charge in [0.25, 0.3) is 0 Å². The van der Waals surface area contributed by atoms with Crippen molar-refractivity contribution in [2.75, 3.05) is 49.5 Å². The van der Waals surface area contributed by atoms with E-state index in [-0.39, 0.29) is 24.9 Å². The summed E-state index contributed by atoms with van der Waals surface area (Å²) in [5, 5.41) is 3.52. The monoisotopic (exact) mass is 501 g/mol. The first-order chi connectivity index (χ1) is 16.4. The minimum Gasteiger partial charge on any atom is -0.462 e. The molecular formula is C25H25ClFN3O3S. The Kier molecular flexibility index (Phi) is 7.82. The molecule has 6 nitrogen and oxygen atoms in total. The average Bonchev–Trinajstić information content (AvgIpc) is 3.24. The highest BCUT2D eigenvalue weighted by Crippen LogP contribution is 2.36. The fourth-order valence-corrected chi connectivity index (χ4v) is 4.94. The molecule has 0 unspecified atom stereocenters. The molecule has 2 heterocycles. The molecule has 0 aliphatic carbocycles. The maximum atomic E-state index is 13.2. The number of hydrogen-bond acceptors (Lipinski definition) is 6. The van der Waals surface area contributed by atoms with E-state index in [4.69, 9.17) is 16.3 Å². The molecule has 1 saturated heterocycles. The third-order valence-corrected chi connectivity index (χ3v) is 6.94. The summed E-state index contributed by atoms with van der Waals surface area (Å²) in [6.07, 6.45) is 0. The van der Waals surface area contributed by atoms with Crippen LogP contribution in [0, 0.1) is 5.82 Å². The minimum absolute atomic E-state index is 0.193. The van der Waals surface area contributed by atoms with Crippen molar-refractivity contribution >= 4 is 46.2 Å². The molecular weight excluding hydrogens is 477 g/mol. The number of halogens is 2. The molecule has 0 bridgehead atoms. The van der Waals surface area contributed by atoms with Crippen molar-refractivity contribution in [2.45, 2.75) is 6.92 Å². The van der Waals surface area contributed by atoms with Crippen LogP contribution in [-0.4, -0.2) is 56.1 Å². The summed E-state index contributed by atoms with van der Waals surface area (Å²) in [6, 6.07) is 15.5. The van der Waals surface area contributed by atoms with E-state index in [9.17, 15) is 14.0 Å². The molecule has 0 saturated carbocycles. The molecule has 1 fully saturated rings. The van der Waals surface area contributed by atoms with Gasteiger partial charge in [0.05, 0.1) is 18.8 Å². The number of thiophene rings is 1. The molecule has 1 aromatic heterocycles. The number of rotatable bonds is 7. The molecule has 2 aromatic carbocycles. The number of carbonyl (C=O) groups excluding carboxylic acids is 2. The Labute approximate surface area is 206 Å². The highest BCUT2D eigenvalue weighted by atomic mass is 35.5. The fraction of sp³-hybridized carbons (Fsp3) is 0.280. The highest BCUT2D eigenvalue weighted by Gasteiger charge is 2.23. The average molecular weight is 502 g/mol. The quantitative estimate of drug-likeness (QED) is 0.454. The number of esters is 1. The number of anilines is 2. The number of benzene rings is 2.